The molecule has 90 valence electrons. The molecule has 0 aliphatic carbocycles. The van der Waals surface area contributed by atoms with Crippen LogP contribution in [-0.4, -0.2) is 27.3 Å². The Hall–Kier alpha value is -1.23. The summed E-state index contributed by atoms with van der Waals surface area (Å²) in [6, 6.07) is 0.318. The average molecular weight is 224 g/mol. The summed E-state index contributed by atoms with van der Waals surface area (Å²) in [5.74, 6) is 0.301. The molecule has 0 radical (unpaired) electrons. The second-order valence-electron chi connectivity index (χ2n) is 4.51. The van der Waals surface area contributed by atoms with Crippen molar-refractivity contribution in [1.29, 1.82) is 0 Å². The summed E-state index contributed by atoms with van der Waals surface area (Å²) >= 11 is 0. The first kappa shape index (κ1) is 12.8. The molecule has 0 saturated carbocycles. The molecule has 1 aromatic rings. The minimum absolute atomic E-state index is 0.0823. The van der Waals surface area contributed by atoms with Crippen LogP contribution in [0.25, 0.3) is 0 Å². The van der Waals surface area contributed by atoms with E-state index in [1.54, 1.807) is 4.68 Å². The molecule has 0 amide bonds. The van der Waals surface area contributed by atoms with Crippen LogP contribution in [0.5, 0.6) is 0 Å². The van der Waals surface area contributed by atoms with Crippen molar-refractivity contribution < 1.29 is 4.79 Å². The summed E-state index contributed by atoms with van der Waals surface area (Å²) in [5, 5.41) is 11.1. The maximum atomic E-state index is 11.3. The smallest absolute Gasteiger partial charge is 0.149 e. The van der Waals surface area contributed by atoms with Crippen LogP contribution in [0.3, 0.4) is 0 Å². The molecule has 0 aliphatic heterocycles. The van der Waals surface area contributed by atoms with Crippen molar-refractivity contribution in [3.63, 3.8) is 0 Å². The van der Waals surface area contributed by atoms with Gasteiger partial charge in [-0.15, -0.1) is 5.10 Å². The second kappa shape index (κ2) is 5.75. The Bertz CT molecular complexity index is 344. The van der Waals surface area contributed by atoms with Gasteiger partial charge in [0, 0.05) is 18.5 Å². The summed E-state index contributed by atoms with van der Waals surface area (Å²) in [6.07, 6.45) is 1.90. The van der Waals surface area contributed by atoms with E-state index in [0.717, 1.165) is 5.69 Å². The van der Waals surface area contributed by atoms with Crippen LogP contribution in [0, 0.1) is 5.92 Å². The van der Waals surface area contributed by atoms with Crippen LogP contribution in [0.4, 0.5) is 0 Å². The Balaban J connectivity index is 2.35. The van der Waals surface area contributed by atoms with E-state index in [4.69, 9.17) is 0 Å². The zero-order chi connectivity index (χ0) is 12.1. The number of nitrogens with one attached hydrogen (secondary N) is 1. The predicted octanol–water partition coefficient (Wildman–Crippen LogP) is 1.17. The first-order valence-electron chi connectivity index (χ1n) is 5.65. The lowest BCUT2D eigenvalue weighted by Gasteiger charge is -2.04. The van der Waals surface area contributed by atoms with Gasteiger partial charge in [-0.1, -0.05) is 19.1 Å². The minimum atomic E-state index is 0.0823. The lowest BCUT2D eigenvalue weighted by molar-refractivity contribution is -0.121. The summed E-state index contributed by atoms with van der Waals surface area (Å²) in [5.41, 5.74) is 0.866. The fraction of sp³-hybridized carbons (Fsp3) is 0.727. The van der Waals surface area contributed by atoms with Crippen LogP contribution in [-0.2, 0) is 11.3 Å². The lowest BCUT2D eigenvalue weighted by Crippen LogP contribution is -2.25. The van der Waals surface area contributed by atoms with Crippen LogP contribution in [0.1, 0.15) is 39.4 Å². The zero-order valence-corrected chi connectivity index (χ0v) is 10.4. The maximum Gasteiger partial charge on any atom is 0.149 e. The molecule has 5 nitrogen and oxygen atoms in total. The highest BCUT2D eigenvalue weighted by atomic mass is 16.1. The normalized spacial score (nSPS) is 11.4. The third-order valence-corrected chi connectivity index (χ3v) is 2.34. The Morgan fingerprint density at radius 3 is 2.62 bits per heavy atom. The summed E-state index contributed by atoms with van der Waals surface area (Å²) in [6.45, 7) is 8.89. The molecule has 5 heteroatoms. The molecule has 16 heavy (non-hydrogen) atoms. The molecule has 0 fully saturated rings. The molecular formula is C11H20N4O. The van der Waals surface area contributed by atoms with Gasteiger partial charge in [0.05, 0.1) is 18.4 Å². The molecule has 1 rings (SSSR count). The van der Waals surface area contributed by atoms with E-state index in [2.05, 4.69) is 15.6 Å². The van der Waals surface area contributed by atoms with Crippen molar-refractivity contribution in [2.24, 2.45) is 5.92 Å². The average Bonchev–Trinajstić information content (AvgIpc) is 2.66. The van der Waals surface area contributed by atoms with Crippen molar-refractivity contribution in [3.8, 4) is 0 Å². The fourth-order valence-corrected chi connectivity index (χ4v) is 1.16. The number of carbonyl (C=O) groups excluding carboxylic acids is 1. The molecule has 0 unspecified atom stereocenters. The molecule has 0 spiro atoms. The van der Waals surface area contributed by atoms with Gasteiger partial charge >= 0.3 is 0 Å². The number of hydrogen-bond acceptors (Lipinski definition) is 4. The SMILES string of the molecule is CC(C)C(=O)CNCc1cn(C(C)C)nn1. The summed E-state index contributed by atoms with van der Waals surface area (Å²) in [7, 11) is 0. The predicted molar refractivity (Wildman–Crippen MR) is 62.0 cm³/mol. The minimum Gasteiger partial charge on any atom is -0.304 e. The van der Waals surface area contributed by atoms with Crippen molar-refractivity contribution in [1.82, 2.24) is 20.3 Å². The number of nitrogens with zero attached hydrogens (tertiary/aromatic N) is 3. The molecule has 0 bridgehead atoms. The molecule has 1 heterocycles. The highest BCUT2D eigenvalue weighted by molar-refractivity contribution is 5.82. The molecule has 0 aromatic carbocycles. The second-order valence-corrected chi connectivity index (χ2v) is 4.51. The van der Waals surface area contributed by atoms with E-state index >= 15 is 0 Å². The van der Waals surface area contributed by atoms with E-state index < -0.39 is 0 Å². The van der Waals surface area contributed by atoms with E-state index in [1.807, 2.05) is 33.9 Å². The van der Waals surface area contributed by atoms with E-state index in [0.29, 0.717) is 19.1 Å². The first-order valence-corrected chi connectivity index (χ1v) is 5.65. The van der Waals surface area contributed by atoms with Crippen molar-refractivity contribution in [2.75, 3.05) is 6.54 Å². The number of rotatable bonds is 6. The van der Waals surface area contributed by atoms with Gasteiger partial charge in [0.1, 0.15) is 5.78 Å². The van der Waals surface area contributed by atoms with Gasteiger partial charge in [-0.25, -0.2) is 4.68 Å². The van der Waals surface area contributed by atoms with E-state index in [9.17, 15) is 4.79 Å². The lowest BCUT2D eigenvalue weighted by atomic mass is 10.1. The molecule has 0 aliphatic rings. The number of ketones is 1. The summed E-state index contributed by atoms with van der Waals surface area (Å²) in [4.78, 5) is 11.3. The van der Waals surface area contributed by atoms with E-state index in [1.165, 1.54) is 0 Å². The van der Waals surface area contributed by atoms with Gasteiger partial charge < -0.3 is 5.32 Å². The Labute approximate surface area is 96.2 Å². The standard InChI is InChI=1S/C11H20N4O/c1-8(2)11(16)6-12-5-10-7-15(9(3)4)14-13-10/h7-9,12H,5-6H2,1-4H3. The zero-order valence-electron chi connectivity index (χ0n) is 10.4. The van der Waals surface area contributed by atoms with Crippen LogP contribution < -0.4 is 5.32 Å². The maximum absolute atomic E-state index is 11.3. The third kappa shape index (κ3) is 3.73. The molecule has 0 saturated heterocycles. The Morgan fingerprint density at radius 1 is 1.44 bits per heavy atom. The molecule has 1 N–H and O–H groups in total. The Kier molecular flexibility index (Phi) is 4.61. The fourth-order valence-electron chi connectivity index (χ4n) is 1.16. The van der Waals surface area contributed by atoms with Crippen molar-refractivity contribution in [2.45, 2.75) is 40.3 Å². The molecule has 0 atom stereocenters. The van der Waals surface area contributed by atoms with E-state index in [-0.39, 0.29) is 11.7 Å². The van der Waals surface area contributed by atoms with Crippen molar-refractivity contribution >= 4 is 5.78 Å². The van der Waals surface area contributed by atoms with Crippen LogP contribution in [0.15, 0.2) is 6.20 Å². The monoisotopic (exact) mass is 224 g/mol. The topological polar surface area (TPSA) is 59.8 Å². The van der Waals surface area contributed by atoms with Gasteiger partial charge in [-0.3, -0.25) is 4.79 Å². The molecule has 1 aromatic heterocycles. The number of carbonyl (C=O) groups is 1. The Morgan fingerprint density at radius 2 is 2.12 bits per heavy atom. The van der Waals surface area contributed by atoms with Crippen LogP contribution in [0.2, 0.25) is 0 Å². The number of aromatic nitrogens is 3. The molecular weight excluding hydrogens is 204 g/mol. The van der Waals surface area contributed by atoms with Gasteiger partial charge in [-0.05, 0) is 13.8 Å². The quantitative estimate of drug-likeness (QED) is 0.788. The highest BCUT2D eigenvalue weighted by Gasteiger charge is 2.07. The van der Waals surface area contributed by atoms with Gasteiger partial charge in [-0.2, -0.15) is 0 Å². The van der Waals surface area contributed by atoms with Crippen LogP contribution >= 0.6 is 0 Å². The first-order chi connectivity index (χ1) is 7.50. The van der Waals surface area contributed by atoms with Gasteiger partial charge in [0.15, 0.2) is 0 Å². The van der Waals surface area contributed by atoms with Gasteiger partial charge in [0.2, 0.25) is 0 Å². The highest BCUT2D eigenvalue weighted by Crippen LogP contribution is 2.02. The third-order valence-electron chi connectivity index (χ3n) is 2.34. The summed E-state index contributed by atoms with van der Waals surface area (Å²) < 4.78 is 1.81. The number of hydrogen-bond donors (Lipinski definition) is 1. The van der Waals surface area contributed by atoms with Crippen molar-refractivity contribution in [3.05, 3.63) is 11.9 Å². The largest absolute Gasteiger partial charge is 0.304 e. The number of Topliss-reactive ketones (excluding diaryl/α,β-unsaturated/α-hetero) is 1. The van der Waals surface area contributed by atoms with Gasteiger partial charge in [0.25, 0.3) is 0 Å².